The van der Waals surface area contributed by atoms with E-state index in [0.717, 1.165) is 29.8 Å². The Balaban J connectivity index is 1.68. The first kappa shape index (κ1) is 22.1. The van der Waals surface area contributed by atoms with Gasteiger partial charge < -0.3 is 10.2 Å². The number of unbranched alkanes of at least 4 members (excludes halogenated alkanes) is 1. The van der Waals surface area contributed by atoms with Gasteiger partial charge in [-0.3, -0.25) is 4.79 Å². The Morgan fingerprint density at radius 3 is 2.28 bits per heavy atom. The molecule has 0 fully saturated rings. The van der Waals surface area contributed by atoms with Crippen LogP contribution in [0.3, 0.4) is 0 Å². The van der Waals surface area contributed by atoms with Crippen LogP contribution in [-0.4, -0.2) is 11.9 Å². The zero-order valence-electron chi connectivity index (χ0n) is 19.4. The van der Waals surface area contributed by atoms with Gasteiger partial charge in [0.05, 0.1) is 6.04 Å². The SMILES string of the molecule is CCCCc1ccc(C(=O)N2c3ccccc3[C@@H](Nc3ccccc3)[C@H](C)[C@@H]2CC)cc1. The first-order valence-corrected chi connectivity index (χ1v) is 12.0. The number of aryl methyl sites for hydroxylation is 1. The van der Waals surface area contributed by atoms with Gasteiger partial charge in [-0.2, -0.15) is 0 Å². The molecule has 3 heteroatoms. The summed E-state index contributed by atoms with van der Waals surface area (Å²) in [6, 6.07) is 27.2. The third-order valence-corrected chi connectivity index (χ3v) is 6.75. The van der Waals surface area contributed by atoms with Crippen molar-refractivity contribution >= 4 is 17.3 Å². The molecule has 0 saturated heterocycles. The number of nitrogens with zero attached hydrogens (tertiary/aromatic N) is 1. The fraction of sp³-hybridized carbons (Fsp3) is 0.345. The molecule has 3 atom stereocenters. The van der Waals surface area contributed by atoms with E-state index in [4.69, 9.17) is 0 Å². The van der Waals surface area contributed by atoms with Crippen LogP contribution in [0.5, 0.6) is 0 Å². The molecule has 32 heavy (non-hydrogen) atoms. The average Bonchev–Trinajstić information content (AvgIpc) is 2.84. The lowest BCUT2D eigenvalue weighted by molar-refractivity contribution is 0.0960. The quantitative estimate of drug-likeness (QED) is 0.431. The number of amides is 1. The average molecular weight is 427 g/mol. The highest BCUT2D eigenvalue weighted by Crippen LogP contribution is 2.43. The van der Waals surface area contributed by atoms with E-state index in [9.17, 15) is 4.79 Å². The highest BCUT2D eigenvalue weighted by atomic mass is 16.2. The van der Waals surface area contributed by atoms with Crippen LogP contribution in [0.4, 0.5) is 11.4 Å². The molecule has 1 amide bonds. The maximum absolute atomic E-state index is 13.8. The number of para-hydroxylation sites is 2. The Labute approximate surface area is 192 Å². The van der Waals surface area contributed by atoms with Crippen LogP contribution in [0.2, 0.25) is 0 Å². The lowest BCUT2D eigenvalue weighted by atomic mass is 9.80. The van der Waals surface area contributed by atoms with Gasteiger partial charge in [0.2, 0.25) is 0 Å². The van der Waals surface area contributed by atoms with Crippen molar-refractivity contribution in [3.05, 3.63) is 95.6 Å². The highest BCUT2D eigenvalue weighted by molar-refractivity contribution is 6.07. The fourth-order valence-corrected chi connectivity index (χ4v) is 4.96. The molecule has 1 aliphatic heterocycles. The summed E-state index contributed by atoms with van der Waals surface area (Å²) < 4.78 is 0. The molecular weight excluding hydrogens is 392 g/mol. The second kappa shape index (κ2) is 10.0. The van der Waals surface area contributed by atoms with E-state index in [-0.39, 0.29) is 23.9 Å². The summed E-state index contributed by atoms with van der Waals surface area (Å²) in [6.45, 7) is 6.65. The predicted molar refractivity (Wildman–Crippen MR) is 134 cm³/mol. The zero-order valence-corrected chi connectivity index (χ0v) is 19.4. The Kier molecular flexibility index (Phi) is 6.94. The lowest BCUT2D eigenvalue weighted by Gasteiger charge is -2.45. The van der Waals surface area contributed by atoms with Crippen LogP contribution in [0, 0.1) is 5.92 Å². The van der Waals surface area contributed by atoms with E-state index in [2.05, 4.69) is 80.7 Å². The van der Waals surface area contributed by atoms with Crippen molar-refractivity contribution < 1.29 is 4.79 Å². The zero-order chi connectivity index (χ0) is 22.5. The van der Waals surface area contributed by atoms with Crippen molar-refractivity contribution in [1.29, 1.82) is 0 Å². The van der Waals surface area contributed by atoms with Crippen LogP contribution in [0.25, 0.3) is 0 Å². The molecule has 1 heterocycles. The minimum atomic E-state index is 0.0938. The molecule has 3 aromatic rings. The van der Waals surface area contributed by atoms with E-state index >= 15 is 0 Å². The summed E-state index contributed by atoms with van der Waals surface area (Å²) in [5.41, 5.74) is 5.37. The molecule has 0 aliphatic carbocycles. The van der Waals surface area contributed by atoms with E-state index in [1.165, 1.54) is 24.0 Å². The normalized spacial score (nSPS) is 20.0. The number of hydrogen-bond acceptors (Lipinski definition) is 2. The summed E-state index contributed by atoms with van der Waals surface area (Å²) in [4.78, 5) is 15.8. The first-order valence-electron chi connectivity index (χ1n) is 12.0. The molecule has 3 nitrogen and oxygen atoms in total. The molecule has 0 radical (unpaired) electrons. The summed E-state index contributed by atoms with van der Waals surface area (Å²) >= 11 is 0. The summed E-state index contributed by atoms with van der Waals surface area (Å²) in [5, 5.41) is 3.74. The Hall–Kier alpha value is -3.07. The van der Waals surface area contributed by atoms with Gasteiger partial charge in [0.15, 0.2) is 0 Å². The van der Waals surface area contributed by atoms with Gasteiger partial charge in [0.1, 0.15) is 0 Å². The number of carbonyl (C=O) groups excluding carboxylic acids is 1. The van der Waals surface area contributed by atoms with E-state index in [1.807, 2.05) is 29.2 Å². The van der Waals surface area contributed by atoms with Gasteiger partial charge in [-0.25, -0.2) is 0 Å². The molecule has 4 rings (SSSR count). The number of anilines is 2. The van der Waals surface area contributed by atoms with Crippen LogP contribution < -0.4 is 10.2 Å². The summed E-state index contributed by atoms with van der Waals surface area (Å²) in [6.07, 6.45) is 4.33. The summed E-state index contributed by atoms with van der Waals surface area (Å²) in [7, 11) is 0. The Bertz CT molecular complexity index is 1030. The van der Waals surface area contributed by atoms with E-state index in [1.54, 1.807) is 0 Å². The van der Waals surface area contributed by atoms with Crippen molar-refractivity contribution in [2.24, 2.45) is 5.92 Å². The van der Waals surface area contributed by atoms with E-state index < -0.39 is 0 Å². The number of hydrogen-bond donors (Lipinski definition) is 1. The van der Waals surface area contributed by atoms with Crippen molar-refractivity contribution in [2.45, 2.75) is 58.5 Å². The molecule has 0 saturated carbocycles. The van der Waals surface area contributed by atoms with E-state index in [0.29, 0.717) is 0 Å². The molecular formula is C29H34N2O. The molecule has 1 N–H and O–H groups in total. The van der Waals surface area contributed by atoms with Gasteiger partial charge in [-0.1, -0.05) is 75.7 Å². The topological polar surface area (TPSA) is 32.3 Å². The molecule has 166 valence electrons. The molecule has 0 bridgehead atoms. The third-order valence-electron chi connectivity index (χ3n) is 6.75. The van der Waals surface area contributed by atoms with Gasteiger partial charge in [-0.15, -0.1) is 0 Å². The maximum Gasteiger partial charge on any atom is 0.258 e. The van der Waals surface area contributed by atoms with Crippen LogP contribution >= 0.6 is 0 Å². The third kappa shape index (κ3) is 4.43. The number of rotatable bonds is 7. The largest absolute Gasteiger partial charge is 0.378 e. The van der Waals surface area contributed by atoms with Crippen LogP contribution in [-0.2, 0) is 6.42 Å². The van der Waals surface area contributed by atoms with Crippen molar-refractivity contribution in [3.63, 3.8) is 0 Å². The molecule has 0 unspecified atom stereocenters. The first-order chi connectivity index (χ1) is 15.6. The summed E-state index contributed by atoms with van der Waals surface area (Å²) in [5.74, 6) is 0.360. The fourth-order valence-electron chi connectivity index (χ4n) is 4.96. The Morgan fingerprint density at radius 2 is 1.59 bits per heavy atom. The smallest absolute Gasteiger partial charge is 0.258 e. The molecule has 3 aromatic carbocycles. The number of benzene rings is 3. The van der Waals surface area contributed by atoms with Gasteiger partial charge in [0, 0.05) is 28.9 Å². The monoisotopic (exact) mass is 426 g/mol. The number of nitrogens with one attached hydrogen (secondary N) is 1. The highest BCUT2D eigenvalue weighted by Gasteiger charge is 2.40. The minimum Gasteiger partial charge on any atom is -0.378 e. The predicted octanol–water partition coefficient (Wildman–Crippen LogP) is 7.26. The van der Waals surface area contributed by atoms with Crippen molar-refractivity contribution in [2.75, 3.05) is 10.2 Å². The standard InChI is InChI=1S/C29H34N2O/c1-4-6-12-22-17-19-23(20-18-22)29(32)31-26(5-2)21(3)28(25-15-10-11-16-27(25)31)30-24-13-8-7-9-14-24/h7-11,13-21,26,28,30H,4-6,12H2,1-3H3/t21-,26+,28+/m1/s1. The second-order valence-corrected chi connectivity index (χ2v) is 8.86. The molecule has 0 aromatic heterocycles. The Morgan fingerprint density at radius 1 is 0.906 bits per heavy atom. The second-order valence-electron chi connectivity index (χ2n) is 8.86. The van der Waals surface area contributed by atoms with Crippen LogP contribution in [0.15, 0.2) is 78.9 Å². The maximum atomic E-state index is 13.8. The van der Waals surface area contributed by atoms with Gasteiger partial charge in [0.25, 0.3) is 5.91 Å². The molecule has 1 aliphatic rings. The number of fused-ring (bicyclic) bond motifs is 1. The van der Waals surface area contributed by atoms with Crippen molar-refractivity contribution in [1.82, 2.24) is 0 Å². The van der Waals surface area contributed by atoms with Gasteiger partial charge >= 0.3 is 0 Å². The molecule has 0 spiro atoms. The minimum absolute atomic E-state index is 0.0938. The number of carbonyl (C=O) groups is 1. The lowest BCUT2D eigenvalue weighted by Crippen LogP contribution is -2.50. The van der Waals surface area contributed by atoms with Crippen molar-refractivity contribution in [3.8, 4) is 0 Å². The van der Waals surface area contributed by atoms with Crippen LogP contribution in [0.1, 0.15) is 67.6 Å². The van der Waals surface area contributed by atoms with Gasteiger partial charge in [-0.05, 0) is 60.7 Å².